The average molecular weight is 430 g/mol. The van der Waals surface area contributed by atoms with Gasteiger partial charge in [0.15, 0.2) is 5.13 Å². The minimum atomic E-state index is -0.372. The van der Waals surface area contributed by atoms with Crippen LogP contribution < -0.4 is 9.64 Å². The normalized spacial score (nSPS) is 14.7. The van der Waals surface area contributed by atoms with E-state index in [9.17, 15) is 9.18 Å². The molecule has 1 amide bonds. The number of morpholine rings is 1. The molecule has 0 radical (unpaired) electrons. The zero-order valence-electron chi connectivity index (χ0n) is 16.6. The summed E-state index contributed by atoms with van der Waals surface area (Å²) >= 11 is 1.33. The Morgan fingerprint density at radius 2 is 1.97 bits per heavy atom. The molecular formula is C22H24FN3O3S. The zero-order valence-corrected chi connectivity index (χ0v) is 17.4. The van der Waals surface area contributed by atoms with Gasteiger partial charge in [-0.25, -0.2) is 9.37 Å². The smallest absolute Gasteiger partial charge is 0.232 e. The van der Waals surface area contributed by atoms with Gasteiger partial charge in [-0.05, 0) is 24.3 Å². The third kappa shape index (κ3) is 5.13. The van der Waals surface area contributed by atoms with Crippen LogP contribution in [0.1, 0.15) is 6.42 Å². The van der Waals surface area contributed by atoms with Crippen molar-refractivity contribution in [2.75, 3.05) is 50.9 Å². The van der Waals surface area contributed by atoms with Crippen LogP contribution in [0.4, 0.5) is 9.52 Å². The Kier molecular flexibility index (Phi) is 6.88. The predicted molar refractivity (Wildman–Crippen MR) is 116 cm³/mol. The molecule has 6 nitrogen and oxygen atoms in total. The molecule has 3 aromatic rings. The first-order valence-electron chi connectivity index (χ1n) is 10.0. The molecule has 8 heteroatoms. The van der Waals surface area contributed by atoms with Crippen molar-refractivity contribution in [1.29, 1.82) is 0 Å². The number of thiazole rings is 1. The number of carbonyl (C=O) groups excluding carboxylic acids is 1. The molecule has 0 saturated carbocycles. The second kappa shape index (κ2) is 9.97. The van der Waals surface area contributed by atoms with Crippen LogP contribution >= 0.6 is 11.3 Å². The number of benzene rings is 2. The van der Waals surface area contributed by atoms with Gasteiger partial charge in [-0.2, -0.15) is 0 Å². The highest BCUT2D eigenvalue weighted by molar-refractivity contribution is 7.22. The van der Waals surface area contributed by atoms with Crippen molar-refractivity contribution in [2.45, 2.75) is 6.42 Å². The number of rotatable bonds is 8. The second-order valence-electron chi connectivity index (χ2n) is 6.99. The van der Waals surface area contributed by atoms with E-state index < -0.39 is 0 Å². The van der Waals surface area contributed by atoms with Crippen molar-refractivity contribution in [2.24, 2.45) is 0 Å². The summed E-state index contributed by atoms with van der Waals surface area (Å²) in [6.45, 7) is 4.56. The van der Waals surface area contributed by atoms with Gasteiger partial charge in [0, 0.05) is 26.2 Å². The fourth-order valence-corrected chi connectivity index (χ4v) is 4.34. The largest absolute Gasteiger partial charge is 0.493 e. The molecule has 1 aliphatic rings. The Morgan fingerprint density at radius 3 is 2.73 bits per heavy atom. The highest BCUT2D eigenvalue weighted by Crippen LogP contribution is 2.30. The van der Waals surface area contributed by atoms with E-state index in [-0.39, 0.29) is 24.8 Å². The van der Waals surface area contributed by atoms with Gasteiger partial charge in [0.25, 0.3) is 0 Å². The second-order valence-corrected chi connectivity index (χ2v) is 8.00. The topological polar surface area (TPSA) is 54.9 Å². The molecule has 0 atom stereocenters. The fraction of sp³-hybridized carbons (Fsp3) is 0.364. The number of fused-ring (bicyclic) bond motifs is 1. The van der Waals surface area contributed by atoms with Gasteiger partial charge in [-0.1, -0.05) is 35.6 Å². The summed E-state index contributed by atoms with van der Waals surface area (Å²) in [4.78, 5) is 21.4. The van der Waals surface area contributed by atoms with Crippen molar-refractivity contribution in [3.8, 4) is 5.75 Å². The molecule has 2 heterocycles. The maximum Gasteiger partial charge on any atom is 0.232 e. The molecular weight excluding hydrogens is 405 g/mol. The highest BCUT2D eigenvalue weighted by Gasteiger charge is 2.22. The van der Waals surface area contributed by atoms with Gasteiger partial charge in [0.05, 0.1) is 30.9 Å². The minimum Gasteiger partial charge on any atom is -0.493 e. The van der Waals surface area contributed by atoms with Crippen LogP contribution in [-0.2, 0) is 9.53 Å². The van der Waals surface area contributed by atoms with Crippen molar-refractivity contribution in [3.63, 3.8) is 0 Å². The Labute approximate surface area is 178 Å². The number of hydrogen-bond acceptors (Lipinski definition) is 6. The number of anilines is 1. The van der Waals surface area contributed by atoms with E-state index in [4.69, 9.17) is 9.47 Å². The van der Waals surface area contributed by atoms with Crippen LogP contribution in [0, 0.1) is 5.82 Å². The lowest BCUT2D eigenvalue weighted by atomic mass is 10.3. The number of halogens is 1. The molecule has 0 bridgehead atoms. The van der Waals surface area contributed by atoms with E-state index in [1.165, 1.54) is 17.4 Å². The van der Waals surface area contributed by atoms with Crippen LogP contribution in [0.25, 0.3) is 10.2 Å². The lowest BCUT2D eigenvalue weighted by Gasteiger charge is -2.29. The molecule has 1 aromatic heterocycles. The van der Waals surface area contributed by atoms with Crippen LogP contribution in [0.15, 0.2) is 48.5 Å². The van der Waals surface area contributed by atoms with Crippen LogP contribution in [0.5, 0.6) is 5.75 Å². The summed E-state index contributed by atoms with van der Waals surface area (Å²) in [5, 5.41) is 0.521. The third-order valence-corrected chi connectivity index (χ3v) is 6.01. The van der Waals surface area contributed by atoms with E-state index in [1.54, 1.807) is 11.0 Å². The SMILES string of the molecule is O=C(CCOc1ccccc1)N(CCN1CCOCC1)c1nc2c(F)cccc2s1. The number of nitrogens with zero attached hydrogens (tertiary/aromatic N) is 3. The molecule has 1 saturated heterocycles. The average Bonchev–Trinajstić information content (AvgIpc) is 3.21. The number of amides is 1. The number of ether oxygens (including phenoxy) is 2. The lowest BCUT2D eigenvalue weighted by molar-refractivity contribution is -0.119. The number of carbonyl (C=O) groups is 1. The van der Waals surface area contributed by atoms with E-state index >= 15 is 0 Å². The molecule has 0 unspecified atom stereocenters. The fourth-order valence-electron chi connectivity index (χ4n) is 3.32. The van der Waals surface area contributed by atoms with Crippen molar-refractivity contribution < 1.29 is 18.7 Å². The Bertz CT molecular complexity index is 976. The monoisotopic (exact) mass is 429 g/mol. The molecule has 2 aromatic carbocycles. The van der Waals surface area contributed by atoms with Gasteiger partial charge in [0.2, 0.25) is 5.91 Å². The molecule has 0 N–H and O–H groups in total. The summed E-state index contributed by atoms with van der Waals surface area (Å²) in [6.07, 6.45) is 0.219. The van der Waals surface area contributed by atoms with E-state index in [1.807, 2.05) is 36.4 Å². The highest BCUT2D eigenvalue weighted by atomic mass is 32.1. The minimum absolute atomic E-state index is 0.0846. The number of hydrogen-bond donors (Lipinski definition) is 0. The lowest BCUT2D eigenvalue weighted by Crippen LogP contribution is -2.43. The van der Waals surface area contributed by atoms with Gasteiger partial charge in [-0.15, -0.1) is 0 Å². The first-order chi connectivity index (χ1) is 14.7. The van der Waals surface area contributed by atoms with Crippen LogP contribution in [-0.4, -0.2) is 61.8 Å². The van der Waals surface area contributed by atoms with E-state index in [2.05, 4.69) is 9.88 Å². The standard InChI is InChI=1S/C22H24FN3O3S/c23-18-7-4-8-19-21(18)24-22(30-19)26(11-10-25-12-15-28-16-13-25)20(27)9-14-29-17-5-2-1-3-6-17/h1-8H,9-16H2. The quantitative estimate of drug-likeness (QED) is 0.548. The third-order valence-electron chi connectivity index (χ3n) is 4.96. The van der Waals surface area contributed by atoms with Gasteiger partial charge in [0.1, 0.15) is 17.1 Å². The molecule has 4 rings (SSSR count). The molecule has 1 aliphatic heterocycles. The Morgan fingerprint density at radius 1 is 1.17 bits per heavy atom. The summed E-state index contributed by atoms with van der Waals surface area (Å²) in [5.41, 5.74) is 0.308. The molecule has 1 fully saturated rings. The summed E-state index contributed by atoms with van der Waals surface area (Å²) in [5.74, 6) is 0.272. The Hall–Kier alpha value is -2.55. The zero-order chi connectivity index (χ0) is 20.8. The number of para-hydroxylation sites is 2. The summed E-state index contributed by atoms with van der Waals surface area (Å²) in [6, 6.07) is 14.3. The predicted octanol–water partition coefficient (Wildman–Crippen LogP) is 3.57. The van der Waals surface area contributed by atoms with Crippen LogP contribution in [0.3, 0.4) is 0 Å². The molecule has 158 valence electrons. The summed E-state index contributed by atoms with van der Waals surface area (Å²) in [7, 11) is 0. The maximum absolute atomic E-state index is 14.1. The van der Waals surface area contributed by atoms with Gasteiger partial charge >= 0.3 is 0 Å². The van der Waals surface area contributed by atoms with Crippen molar-refractivity contribution in [3.05, 3.63) is 54.3 Å². The van der Waals surface area contributed by atoms with Crippen molar-refractivity contribution in [1.82, 2.24) is 9.88 Å². The van der Waals surface area contributed by atoms with E-state index in [0.29, 0.717) is 37.0 Å². The summed E-state index contributed by atoms with van der Waals surface area (Å²) < 4.78 is 25.9. The van der Waals surface area contributed by atoms with Crippen molar-refractivity contribution >= 4 is 32.6 Å². The number of aromatic nitrogens is 1. The van der Waals surface area contributed by atoms with E-state index in [0.717, 1.165) is 23.5 Å². The van der Waals surface area contributed by atoms with Gasteiger partial charge < -0.3 is 9.47 Å². The maximum atomic E-state index is 14.1. The first-order valence-corrected chi connectivity index (χ1v) is 10.9. The molecule has 0 spiro atoms. The Balaban J connectivity index is 1.46. The molecule has 0 aliphatic carbocycles. The first kappa shape index (κ1) is 20.7. The molecule has 30 heavy (non-hydrogen) atoms. The van der Waals surface area contributed by atoms with Crippen LogP contribution in [0.2, 0.25) is 0 Å². The van der Waals surface area contributed by atoms with Gasteiger partial charge in [-0.3, -0.25) is 14.6 Å².